The minimum atomic E-state index is 0.481. The zero-order valence-electron chi connectivity index (χ0n) is 13.7. The molecule has 0 bridgehead atoms. The van der Waals surface area contributed by atoms with E-state index in [1.54, 1.807) is 0 Å². The second kappa shape index (κ2) is 6.77. The molecule has 0 atom stereocenters. The third kappa shape index (κ3) is 4.08. The van der Waals surface area contributed by atoms with E-state index in [4.69, 9.17) is 4.74 Å². The van der Waals surface area contributed by atoms with Gasteiger partial charge in [0.25, 0.3) is 0 Å². The van der Waals surface area contributed by atoms with Crippen molar-refractivity contribution >= 4 is 0 Å². The summed E-state index contributed by atoms with van der Waals surface area (Å²) in [5.41, 5.74) is 4.85. The first-order chi connectivity index (χ1) is 9.97. The van der Waals surface area contributed by atoms with Gasteiger partial charge >= 0.3 is 0 Å². The Morgan fingerprint density at radius 2 is 1.71 bits per heavy atom. The van der Waals surface area contributed by atoms with E-state index in [1.807, 2.05) is 12.1 Å². The second-order valence-electron chi connectivity index (χ2n) is 5.94. The van der Waals surface area contributed by atoms with Gasteiger partial charge in [0.15, 0.2) is 0 Å². The molecule has 2 aromatic carbocycles. The molecule has 112 valence electrons. The maximum absolute atomic E-state index is 6.14. The SMILES string of the molecule is Cc1ccc(CNC(C)C)cc1Oc1cccc(C)c1C. The molecular formula is C19H25NO. The van der Waals surface area contributed by atoms with Crippen molar-refractivity contribution in [2.75, 3.05) is 0 Å². The topological polar surface area (TPSA) is 21.3 Å². The largest absolute Gasteiger partial charge is 0.457 e. The Kier molecular flexibility index (Phi) is 5.03. The second-order valence-corrected chi connectivity index (χ2v) is 5.94. The molecule has 0 aliphatic carbocycles. The highest BCUT2D eigenvalue weighted by molar-refractivity contribution is 5.44. The first-order valence-corrected chi connectivity index (χ1v) is 7.54. The lowest BCUT2D eigenvalue weighted by Crippen LogP contribution is -2.21. The monoisotopic (exact) mass is 283 g/mol. The Morgan fingerprint density at radius 1 is 0.952 bits per heavy atom. The maximum atomic E-state index is 6.14. The highest BCUT2D eigenvalue weighted by Gasteiger charge is 2.07. The highest BCUT2D eigenvalue weighted by Crippen LogP contribution is 2.29. The van der Waals surface area contributed by atoms with Crippen LogP contribution in [0.2, 0.25) is 0 Å². The zero-order chi connectivity index (χ0) is 15.4. The summed E-state index contributed by atoms with van der Waals surface area (Å²) in [5, 5.41) is 3.44. The van der Waals surface area contributed by atoms with Crippen LogP contribution >= 0.6 is 0 Å². The molecular weight excluding hydrogens is 258 g/mol. The van der Waals surface area contributed by atoms with Crippen molar-refractivity contribution in [2.24, 2.45) is 0 Å². The molecule has 0 fully saturated rings. The molecule has 2 heteroatoms. The molecule has 1 N–H and O–H groups in total. The zero-order valence-corrected chi connectivity index (χ0v) is 13.7. The first kappa shape index (κ1) is 15.6. The van der Waals surface area contributed by atoms with E-state index in [9.17, 15) is 0 Å². The fourth-order valence-corrected chi connectivity index (χ4v) is 2.14. The third-order valence-electron chi connectivity index (χ3n) is 3.74. The lowest BCUT2D eigenvalue weighted by Gasteiger charge is -2.14. The normalized spacial score (nSPS) is 11.0. The minimum Gasteiger partial charge on any atom is -0.457 e. The number of hydrogen-bond acceptors (Lipinski definition) is 2. The van der Waals surface area contributed by atoms with Crippen LogP contribution in [0.5, 0.6) is 11.5 Å². The Balaban J connectivity index is 2.22. The molecule has 0 aliphatic heterocycles. The van der Waals surface area contributed by atoms with Crippen molar-refractivity contribution in [1.82, 2.24) is 5.32 Å². The Labute approximate surface area is 128 Å². The quantitative estimate of drug-likeness (QED) is 0.842. The predicted octanol–water partition coefficient (Wildman–Crippen LogP) is 4.90. The summed E-state index contributed by atoms with van der Waals surface area (Å²) >= 11 is 0. The van der Waals surface area contributed by atoms with Gasteiger partial charge in [-0.2, -0.15) is 0 Å². The summed E-state index contributed by atoms with van der Waals surface area (Å²) in [5.74, 6) is 1.87. The fourth-order valence-electron chi connectivity index (χ4n) is 2.14. The van der Waals surface area contributed by atoms with Gasteiger partial charge in [0.05, 0.1) is 0 Å². The van der Waals surface area contributed by atoms with Crippen LogP contribution in [-0.2, 0) is 6.54 Å². The van der Waals surface area contributed by atoms with Gasteiger partial charge in [0.1, 0.15) is 11.5 Å². The van der Waals surface area contributed by atoms with E-state index in [2.05, 4.69) is 64.2 Å². The lowest BCUT2D eigenvalue weighted by molar-refractivity contribution is 0.473. The molecule has 2 nitrogen and oxygen atoms in total. The van der Waals surface area contributed by atoms with Gasteiger partial charge in [0.2, 0.25) is 0 Å². The molecule has 0 saturated heterocycles. The van der Waals surface area contributed by atoms with Crippen molar-refractivity contribution < 1.29 is 4.74 Å². The van der Waals surface area contributed by atoms with Crippen molar-refractivity contribution in [3.8, 4) is 11.5 Å². The fraction of sp³-hybridized carbons (Fsp3) is 0.368. The summed E-state index contributed by atoms with van der Waals surface area (Å²) in [7, 11) is 0. The average molecular weight is 283 g/mol. The van der Waals surface area contributed by atoms with Crippen molar-refractivity contribution in [3.63, 3.8) is 0 Å². The summed E-state index contributed by atoms with van der Waals surface area (Å²) in [6.07, 6.45) is 0. The average Bonchev–Trinajstić information content (AvgIpc) is 2.44. The highest BCUT2D eigenvalue weighted by atomic mass is 16.5. The van der Waals surface area contributed by atoms with Gasteiger partial charge in [-0.15, -0.1) is 0 Å². The molecule has 2 aromatic rings. The van der Waals surface area contributed by atoms with Crippen LogP contribution < -0.4 is 10.1 Å². The molecule has 0 aromatic heterocycles. The molecule has 0 amide bonds. The van der Waals surface area contributed by atoms with E-state index in [1.165, 1.54) is 16.7 Å². The minimum absolute atomic E-state index is 0.481. The molecule has 0 radical (unpaired) electrons. The van der Waals surface area contributed by atoms with E-state index in [0.29, 0.717) is 6.04 Å². The van der Waals surface area contributed by atoms with E-state index in [-0.39, 0.29) is 0 Å². The Hall–Kier alpha value is -1.80. The molecule has 2 rings (SSSR count). The summed E-state index contributed by atoms with van der Waals surface area (Å²) in [6.45, 7) is 11.5. The first-order valence-electron chi connectivity index (χ1n) is 7.54. The van der Waals surface area contributed by atoms with Crippen LogP contribution in [0.3, 0.4) is 0 Å². The van der Waals surface area contributed by atoms with Crippen LogP contribution in [0.4, 0.5) is 0 Å². The van der Waals surface area contributed by atoms with Crippen molar-refractivity contribution in [3.05, 3.63) is 58.7 Å². The molecule has 0 heterocycles. The number of aryl methyl sites for hydroxylation is 2. The van der Waals surface area contributed by atoms with E-state index < -0.39 is 0 Å². The van der Waals surface area contributed by atoms with Gasteiger partial charge in [0, 0.05) is 12.6 Å². The molecule has 21 heavy (non-hydrogen) atoms. The van der Waals surface area contributed by atoms with E-state index in [0.717, 1.165) is 23.6 Å². The van der Waals surface area contributed by atoms with Gasteiger partial charge in [-0.05, 0) is 55.2 Å². The Morgan fingerprint density at radius 3 is 2.43 bits per heavy atom. The lowest BCUT2D eigenvalue weighted by atomic mass is 10.1. The molecule has 0 aliphatic rings. The molecule has 0 spiro atoms. The number of nitrogens with one attached hydrogen (secondary N) is 1. The van der Waals surface area contributed by atoms with E-state index >= 15 is 0 Å². The van der Waals surface area contributed by atoms with Gasteiger partial charge in [-0.1, -0.05) is 38.1 Å². The number of hydrogen-bond donors (Lipinski definition) is 1. The third-order valence-corrected chi connectivity index (χ3v) is 3.74. The summed E-state index contributed by atoms with van der Waals surface area (Å²) in [4.78, 5) is 0. The summed E-state index contributed by atoms with van der Waals surface area (Å²) in [6, 6.07) is 13.1. The Bertz CT molecular complexity index is 617. The predicted molar refractivity (Wildman–Crippen MR) is 89.1 cm³/mol. The number of rotatable bonds is 5. The van der Waals surface area contributed by atoms with Gasteiger partial charge in [-0.3, -0.25) is 0 Å². The summed E-state index contributed by atoms with van der Waals surface area (Å²) < 4.78 is 6.14. The van der Waals surface area contributed by atoms with Gasteiger partial charge in [-0.25, -0.2) is 0 Å². The van der Waals surface area contributed by atoms with Crippen molar-refractivity contribution in [2.45, 2.75) is 47.2 Å². The standard InChI is InChI=1S/C19H25NO/c1-13(2)20-12-17-10-9-15(4)19(11-17)21-18-8-6-7-14(3)16(18)5/h6-11,13,20H,12H2,1-5H3. The molecule has 0 saturated carbocycles. The number of ether oxygens (including phenoxy) is 1. The van der Waals surface area contributed by atoms with Crippen LogP contribution in [0.15, 0.2) is 36.4 Å². The van der Waals surface area contributed by atoms with Crippen LogP contribution in [-0.4, -0.2) is 6.04 Å². The van der Waals surface area contributed by atoms with Crippen LogP contribution in [0, 0.1) is 20.8 Å². The maximum Gasteiger partial charge on any atom is 0.130 e. The van der Waals surface area contributed by atoms with Crippen LogP contribution in [0.1, 0.15) is 36.1 Å². The smallest absolute Gasteiger partial charge is 0.130 e. The van der Waals surface area contributed by atoms with Gasteiger partial charge < -0.3 is 10.1 Å². The molecule has 0 unspecified atom stereocenters. The van der Waals surface area contributed by atoms with Crippen LogP contribution in [0.25, 0.3) is 0 Å². The number of benzene rings is 2. The van der Waals surface area contributed by atoms with Crippen molar-refractivity contribution in [1.29, 1.82) is 0 Å².